The van der Waals surface area contributed by atoms with Crippen molar-refractivity contribution in [2.45, 2.75) is 26.7 Å². The van der Waals surface area contributed by atoms with Gasteiger partial charge in [0.1, 0.15) is 0 Å². The highest BCUT2D eigenvalue weighted by Gasteiger charge is 2.17. The van der Waals surface area contributed by atoms with E-state index in [0.29, 0.717) is 18.8 Å². The van der Waals surface area contributed by atoms with Crippen molar-refractivity contribution < 1.29 is 9.90 Å². The van der Waals surface area contributed by atoms with E-state index in [1.807, 2.05) is 44.2 Å². The molecular weight excluding hydrogens is 212 g/mol. The van der Waals surface area contributed by atoms with Crippen LogP contribution in [0.5, 0.6) is 0 Å². The van der Waals surface area contributed by atoms with E-state index in [2.05, 4.69) is 11.8 Å². The van der Waals surface area contributed by atoms with Gasteiger partial charge in [0.15, 0.2) is 0 Å². The van der Waals surface area contributed by atoms with Crippen LogP contribution in [0.25, 0.3) is 0 Å². The van der Waals surface area contributed by atoms with Gasteiger partial charge in [0.05, 0.1) is 5.92 Å². The number of carboxylic acids is 1. The summed E-state index contributed by atoms with van der Waals surface area (Å²) in [5, 5.41) is 9.05. The normalized spacial score (nSPS) is 11.7. The van der Waals surface area contributed by atoms with Gasteiger partial charge < -0.3 is 5.11 Å². The maximum atomic E-state index is 11.0. The maximum absolute atomic E-state index is 11.0. The minimum atomic E-state index is -0.749. The topological polar surface area (TPSA) is 37.3 Å². The molecule has 1 aromatic rings. The first-order chi connectivity index (χ1) is 8.09. The Balaban J connectivity index is 2.58. The van der Waals surface area contributed by atoms with Gasteiger partial charge in [-0.05, 0) is 24.5 Å². The van der Waals surface area contributed by atoms with Gasteiger partial charge in [0.25, 0.3) is 0 Å². The number of hydrogen-bond donors (Lipinski definition) is 1. The molecule has 0 amide bonds. The van der Waals surface area contributed by atoms with Gasteiger partial charge in [-0.25, -0.2) is 0 Å². The van der Waals surface area contributed by atoms with Crippen molar-refractivity contribution in [1.29, 1.82) is 0 Å². The van der Waals surface area contributed by atoms with Gasteiger partial charge in [-0.15, -0.1) is 0 Å². The zero-order valence-corrected chi connectivity index (χ0v) is 10.3. The number of carbonyl (C=O) groups is 1. The average Bonchev–Trinajstić information content (AvgIpc) is 2.28. The monoisotopic (exact) mass is 230 g/mol. The Bertz CT molecular complexity index is 410. The van der Waals surface area contributed by atoms with Gasteiger partial charge >= 0.3 is 5.97 Å². The number of carboxylic acid groups (broad SMARTS) is 1. The quantitative estimate of drug-likeness (QED) is 0.807. The van der Waals surface area contributed by atoms with Gasteiger partial charge in [0, 0.05) is 12.0 Å². The van der Waals surface area contributed by atoms with E-state index < -0.39 is 5.97 Å². The second-order valence-electron chi connectivity index (χ2n) is 4.54. The second-order valence-corrected chi connectivity index (χ2v) is 4.54. The summed E-state index contributed by atoms with van der Waals surface area (Å²) in [7, 11) is 0. The average molecular weight is 230 g/mol. The fourth-order valence-electron chi connectivity index (χ4n) is 1.64. The lowest BCUT2D eigenvalue weighted by Gasteiger charge is -2.10. The first-order valence-electron chi connectivity index (χ1n) is 5.86. The zero-order valence-electron chi connectivity index (χ0n) is 10.3. The summed E-state index contributed by atoms with van der Waals surface area (Å²) in [5.74, 6) is 5.23. The number of benzene rings is 1. The number of hydrogen-bond acceptors (Lipinski definition) is 1. The molecule has 0 radical (unpaired) electrons. The van der Waals surface area contributed by atoms with Crippen LogP contribution in [0, 0.1) is 23.7 Å². The molecule has 90 valence electrons. The van der Waals surface area contributed by atoms with E-state index in [1.54, 1.807) is 0 Å². The minimum Gasteiger partial charge on any atom is -0.481 e. The van der Waals surface area contributed by atoms with E-state index in [0.717, 1.165) is 5.56 Å². The Morgan fingerprint density at radius 3 is 2.47 bits per heavy atom. The Hall–Kier alpha value is -1.75. The standard InChI is InChI=1S/C15H18O2/c1-12(2)11-14(15(16)17)10-6-9-13-7-4-3-5-8-13/h3-5,7-8,12,14H,10-11H2,1-2H3,(H,16,17). The smallest absolute Gasteiger partial charge is 0.307 e. The highest BCUT2D eigenvalue weighted by molar-refractivity contribution is 5.70. The number of rotatable bonds is 4. The highest BCUT2D eigenvalue weighted by atomic mass is 16.4. The summed E-state index contributed by atoms with van der Waals surface area (Å²) in [6.45, 7) is 4.06. The Morgan fingerprint density at radius 1 is 1.29 bits per heavy atom. The van der Waals surface area contributed by atoms with Crippen molar-refractivity contribution in [1.82, 2.24) is 0 Å². The Morgan fingerprint density at radius 2 is 1.94 bits per heavy atom. The first-order valence-corrected chi connectivity index (χ1v) is 5.86. The fourth-order valence-corrected chi connectivity index (χ4v) is 1.64. The Kier molecular flexibility index (Phi) is 5.29. The van der Waals surface area contributed by atoms with Crippen LogP contribution in [0.4, 0.5) is 0 Å². The maximum Gasteiger partial charge on any atom is 0.307 e. The molecule has 0 aliphatic heterocycles. The van der Waals surface area contributed by atoms with Crippen molar-refractivity contribution in [3.8, 4) is 11.8 Å². The molecule has 0 aliphatic rings. The predicted octanol–water partition coefficient (Wildman–Crippen LogP) is 3.18. The largest absolute Gasteiger partial charge is 0.481 e. The fraction of sp³-hybridized carbons (Fsp3) is 0.400. The molecule has 1 unspecified atom stereocenters. The molecule has 1 atom stereocenters. The summed E-state index contributed by atoms with van der Waals surface area (Å²) < 4.78 is 0. The van der Waals surface area contributed by atoms with E-state index in [9.17, 15) is 4.79 Å². The lowest BCUT2D eigenvalue weighted by Crippen LogP contribution is -2.15. The van der Waals surface area contributed by atoms with Crippen LogP contribution in [-0.2, 0) is 4.79 Å². The molecule has 0 aromatic heterocycles. The summed E-state index contributed by atoms with van der Waals surface area (Å²) in [6.07, 6.45) is 1.10. The summed E-state index contributed by atoms with van der Waals surface area (Å²) in [6, 6.07) is 9.63. The van der Waals surface area contributed by atoms with Crippen LogP contribution in [0.3, 0.4) is 0 Å². The van der Waals surface area contributed by atoms with Crippen LogP contribution >= 0.6 is 0 Å². The van der Waals surface area contributed by atoms with Crippen molar-refractivity contribution in [2.24, 2.45) is 11.8 Å². The lowest BCUT2D eigenvalue weighted by atomic mass is 9.94. The molecule has 1 N–H and O–H groups in total. The molecule has 0 spiro atoms. The summed E-state index contributed by atoms with van der Waals surface area (Å²) in [5.41, 5.74) is 0.932. The molecule has 0 saturated heterocycles. The molecule has 2 nitrogen and oxygen atoms in total. The van der Waals surface area contributed by atoms with Gasteiger partial charge in [-0.2, -0.15) is 0 Å². The van der Waals surface area contributed by atoms with Gasteiger partial charge in [0.2, 0.25) is 0 Å². The molecule has 0 aliphatic carbocycles. The third-order valence-electron chi connectivity index (χ3n) is 2.46. The molecule has 1 aromatic carbocycles. The number of aliphatic carboxylic acids is 1. The van der Waals surface area contributed by atoms with Crippen molar-refractivity contribution >= 4 is 5.97 Å². The third kappa shape index (κ3) is 5.21. The van der Waals surface area contributed by atoms with Crippen molar-refractivity contribution in [3.63, 3.8) is 0 Å². The third-order valence-corrected chi connectivity index (χ3v) is 2.46. The molecule has 17 heavy (non-hydrogen) atoms. The van der Waals surface area contributed by atoms with Crippen LogP contribution < -0.4 is 0 Å². The molecule has 0 saturated carbocycles. The van der Waals surface area contributed by atoms with E-state index in [4.69, 9.17) is 5.11 Å². The highest BCUT2D eigenvalue weighted by Crippen LogP contribution is 2.15. The van der Waals surface area contributed by atoms with E-state index in [1.165, 1.54) is 0 Å². The van der Waals surface area contributed by atoms with E-state index in [-0.39, 0.29) is 5.92 Å². The second kappa shape index (κ2) is 6.75. The molecule has 0 bridgehead atoms. The minimum absolute atomic E-state index is 0.355. The first kappa shape index (κ1) is 13.3. The van der Waals surface area contributed by atoms with Crippen molar-refractivity contribution in [2.75, 3.05) is 0 Å². The van der Waals surface area contributed by atoms with Gasteiger partial charge in [-0.1, -0.05) is 43.9 Å². The summed E-state index contributed by atoms with van der Waals surface area (Å²) >= 11 is 0. The molecular formula is C15H18O2. The van der Waals surface area contributed by atoms with Crippen LogP contribution in [0.15, 0.2) is 30.3 Å². The summed E-state index contributed by atoms with van der Waals surface area (Å²) in [4.78, 5) is 11.0. The van der Waals surface area contributed by atoms with E-state index >= 15 is 0 Å². The Labute approximate surface area is 103 Å². The zero-order chi connectivity index (χ0) is 12.7. The molecule has 1 rings (SSSR count). The van der Waals surface area contributed by atoms with Crippen LogP contribution in [-0.4, -0.2) is 11.1 Å². The molecule has 0 heterocycles. The van der Waals surface area contributed by atoms with Crippen molar-refractivity contribution in [3.05, 3.63) is 35.9 Å². The van der Waals surface area contributed by atoms with Crippen LogP contribution in [0.1, 0.15) is 32.3 Å². The van der Waals surface area contributed by atoms with Crippen LogP contribution in [0.2, 0.25) is 0 Å². The molecule has 0 fully saturated rings. The SMILES string of the molecule is CC(C)CC(CC#Cc1ccccc1)C(=O)O. The predicted molar refractivity (Wildman–Crippen MR) is 68.5 cm³/mol. The lowest BCUT2D eigenvalue weighted by molar-refractivity contribution is -0.142. The van der Waals surface area contributed by atoms with Gasteiger partial charge in [-0.3, -0.25) is 4.79 Å². The molecule has 2 heteroatoms.